The predicted octanol–water partition coefficient (Wildman–Crippen LogP) is 3.16. The van der Waals surface area contributed by atoms with E-state index >= 15 is 0 Å². The fraction of sp³-hybridized carbons (Fsp3) is 0.474. The van der Waals surface area contributed by atoms with Crippen LogP contribution in [0.15, 0.2) is 34.8 Å². The molecule has 1 aliphatic heterocycles. The molecule has 1 saturated heterocycles. The van der Waals surface area contributed by atoms with Crippen LogP contribution in [0.3, 0.4) is 0 Å². The monoisotopic (exact) mass is 501 g/mol. The number of anilines is 1. The Morgan fingerprint density at radius 1 is 1.37 bits per heavy atom. The van der Waals surface area contributed by atoms with E-state index in [9.17, 15) is 0 Å². The van der Waals surface area contributed by atoms with E-state index in [1.807, 2.05) is 12.3 Å². The first kappa shape index (κ1) is 21.9. The Bertz CT molecular complexity index is 751. The molecule has 3 heterocycles. The average molecular weight is 501 g/mol. The highest BCUT2D eigenvalue weighted by atomic mass is 127. The number of rotatable bonds is 5. The summed E-state index contributed by atoms with van der Waals surface area (Å²) in [4.78, 5) is 12.4. The molecule has 0 aliphatic carbocycles. The minimum atomic E-state index is 0. The lowest BCUT2D eigenvalue weighted by Crippen LogP contribution is -2.41. The van der Waals surface area contributed by atoms with Crippen molar-refractivity contribution in [1.82, 2.24) is 15.6 Å². The van der Waals surface area contributed by atoms with E-state index in [0.717, 1.165) is 38.0 Å². The van der Waals surface area contributed by atoms with E-state index in [-0.39, 0.29) is 30.1 Å². The summed E-state index contributed by atoms with van der Waals surface area (Å²) >= 11 is 1.77. The molecule has 0 saturated carbocycles. The van der Waals surface area contributed by atoms with E-state index in [4.69, 9.17) is 4.74 Å². The average Bonchev–Trinajstić information content (AvgIpc) is 3.07. The molecule has 2 aromatic heterocycles. The second kappa shape index (κ2) is 10.8. The highest BCUT2D eigenvalue weighted by molar-refractivity contribution is 14.0. The summed E-state index contributed by atoms with van der Waals surface area (Å²) in [5, 5.41) is 8.87. The number of nitrogens with zero attached hydrogens (tertiary/aromatic N) is 3. The Balaban J connectivity index is 0.00000261. The summed E-state index contributed by atoms with van der Waals surface area (Å²) in [5.74, 6) is 1.81. The first-order chi connectivity index (χ1) is 12.7. The van der Waals surface area contributed by atoms with Crippen LogP contribution in [0.1, 0.15) is 22.9 Å². The molecule has 0 aromatic carbocycles. The minimum Gasteiger partial charge on any atom is -0.375 e. The van der Waals surface area contributed by atoms with Gasteiger partial charge in [-0.2, -0.15) is 0 Å². The van der Waals surface area contributed by atoms with E-state index in [2.05, 4.69) is 56.9 Å². The quantitative estimate of drug-likeness (QED) is 0.375. The number of halogens is 1. The van der Waals surface area contributed by atoms with Crippen molar-refractivity contribution in [3.8, 4) is 0 Å². The molecule has 1 atom stereocenters. The molecule has 1 fully saturated rings. The van der Waals surface area contributed by atoms with E-state index < -0.39 is 0 Å². The molecule has 1 aliphatic rings. The Labute approximate surface area is 182 Å². The van der Waals surface area contributed by atoms with Crippen LogP contribution in [0.2, 0.25) is 0 Å². The third-order valence-electron chi connectivity index (χ3n) is 4.44. The fourth-order valence-electron chi connectivity index (χ4n) is 2.93. The van der Waals surface area contributed by atoms with Gasteiger partial charge in [0, 0.05) is 37.8 Å². The van der Waals surface area contributed by atoms with E-state index in [1.54, 1.807) is 18.4 Å². The number of hydrogen-bond acceptors (Lipinski definition) is 5. The van der Waals surface area contributed by atoms with Crippen LogP contribution < -0.4 is 15.5 Å². The number of guanidine groups is 1. The van der Waals surface area contributed by atoms with Gasteiger partial charge in [-0.25, -0.2) is 4.98 Å². The Morgan fingerprint density at radius 2 is 2.19 bits per heavy atom. The summed E-state index contributed by atoms with van der Waals surface area (Å²) < 4.78 is 5.61. The number of hydrogen-bond donors (Lipinski definition) is 2. The second-order valence-electron chi connectivity index (χ2n) is 6.46. The molecule has 1 unspecified atom stereocenters. The summed E-state index contributed by atoms with van der Waals surface area (Å²) in [7, 11) is 1.80. The molecular weight excluding hydrogens is 473 g/mol. The number of pyridine rings is 1. The lowest BCUT2D eigenvalue weighted by molar-refractivity contribution is 0.0529. The van der Waals surface area contributed by atoms with Crippen molar-refractivity contribution in [2.24, 2.45) is 4.99 Å². The predicted molar refractivity (Wildman–Crippen MR) is 123 cm³/mol. The Hall–Kier alpha value is -1.39. The van der Waals surface area contributed by atoms with Gasteiger partial charge in [0.05, 0.1) is 19.3 Å². The van der Waals surface area contributed by atoms with Crippen molar-refractivity contribution in [2.75, 3.05) is 31.6 Å². The number of aromatic nitrogens is 1. The van der Waals surface area contributed by atoms with Gasteiger partial charge in [-0.15, -0.1) is 35.3 Å². The van der Waals surface area contributed by atoms with Crippen molar-refractivity contribution in [2.45, 2.75) is 33.0 Å². The first-order valence-electron chi connectivity index (χ1n) is 8.94. The standard InChI is InChI=1S/C19H27N5OS.HI/c1-14-5-9-26-17(14)12-23-19(20-3)22-11-16-4-6-21-18(10-16)24-7-8-25-15(2)13-24;/h4-6,9-10,15H,7-8,11-13H2,1-3H3,(H2,20,22,23);1H. The zero-order valence-electron chi connectivity index (χ0n) is 16.1. The zero-order valence-corrected chi connectivity index (χ0v) is 19.2. The fourth-order valence-corrected chi connectivity index (χ4v) is 3.77. The third kappa shape index (κ3) is 6.32. The summed E-state index contributed by atoms with van der Waals surface area (Å²) in [6.45, 7) is 8.25. The highest BCUT2D eigenvalue weighted by Gasteiger charge is 2.18. The van der Waals surface area contributed by atoms with Crippen LogP contribution in [-0.4, -0.2) is 43.8 Å². The highest BCUT2D eigenvalue weighted by Crippen LogP contribution is 2.17. The van der Waals surface area contributed by atoms with Gasteiger partial charge in [0.15, 0.2) is 5.96 Å². The van der Waals surface area contributed by atoms with Crippen LogP contribution in [-0.2, 0) is 17.8 Å². The van der Waals surface area contributed by atoms with Gasteiger partial charge in [0.25, 0.3) is 0 Å². The van der Waals surface area contributed by atoms with Crippen molar-refractivity contribution >= 4 is 47.1 Å². The number of aliphatic imine (C=N–C) groups is 1. The third-order valence-corrected chi connectivity index (χ3v) is 5.47. The number of ether oxygens (including phenoxy) is 1. The SMILES string of the molecule is CN=C(NCc1ccnc(N2CCOC(C)C2)c1)NCc1sccc1C.I. The summed E-state index contributed by atoms with van der Waals surface area (Å²) in [6.07, 6.45) is 2.12. The van der Waals surface area contributed by atoms with Crippen LogP contribution in [0.5, 0.6) is 0 Å². The molecule has 2 aromatic rings. The second-order valence-corrected chi connectivity index (χ2v) is 7.46. The minimum absolute atomic E-state index is 0. The molecule has 0 radical (unpaired) electrons. The van der Waals surface area contributed by atoms with E-state index in [1.165, 1.54) is 16.0 Å². The van der Waals surface area contributed by atoms with Crippen molar-refractivity contribution in [1.29, 1.82) is 0 Å². The van der Waals surface area contributed by atoms with Gasteiger partial charge in [-0.1, -0.05) is 0 Å². The number of nitrogens with one attached hydrogen (secondary N) is 2. The zero-order chi connectivity index (χ0) is 18.4. The van der Waals surface area contributed by atoms with Crippen LogP contribution >= 0.6 is 35.3 Å². The number of aryl methyl sites for hydroxylation is 1. The van der Waals surface area contributed by atoms with Crippen molar-refractivity contribution in [3.63, 3.8) is 0 Å². The maximum atomic E-state index is 5.61. The Morgan fingerprint density at radius 3 is 2.89 bits per heavy atom. The normalized spacial score (nSPS) is 17.4. The lowest BCUT2D eigenvalue weighted by atomic mass is 10.2. The van der Waals surface area contributed by atoms with Gasteiger partial charge in [-0.05, 0) is 48.6 Å². The molecule has 0 spiro atoms. The van der Waals surface area contributed by atoms with Gasteiger partial charge in [-0.3, -0.25) is 4.99 Å². The smallest absolute Gasteiger partial charge is 0.191 e. The molecule has 27 heavy (non-hydrogen) atoms. The van der Waals surface area contributed by atoms with Crippen LogP contribution in [0.4, 0.5) is 5.82 Å². The molecular formula is C19H28IN5OS. The molecule has 148 valence electrons. The molecule has 2 N–H and O–H groups in total. The molecule has 0 bridgehead atoms. The van der Waals surface area contributed by atoms with Gasteiger partial charge >= 0.3 is 0 Å². The molecule has 3 rings (SSSR count). The maximum absolute atomic E-state index is 5.61. The van der Waals surface area contributed by atoms with Gasteiger partial charge in [0.2, 0.25) is 0 Å². The Kier molecular flexibility index (Phi) is 8.78. The maximum Gasteiger partial charge on any atom is 0.191 e. The summed E-state index contributed by atoms with van der Waals surface area (Å²) in [6, 6.07) is 6.32. The van der Waals surface area contributed by atoms with E-state index in [0.29, 0.717) is 6.54 Å². The van der Waals surface area contributed by atoms with Crippen LogP contribution in [0.25, 0.3) is 0 Å². The largest absolute Gasteiger partial charge is 0.375 e. The van der Waals surface area contributed by atoms with Crippen molar-refractivity contribution in [3.05, 3.63) is 45.8 Å². The topological polar surface area (TPSA) is 61.8 Å². The lowest BCUT2D eigenvalue weighted by Gasteiger charge is -2.32. The van der Waals surface area contributed by atoms with Crippen molar-refractivity contribution < 1.29 is 4.74 Å². The van der Waals surface area contributed by atoms with Gasteiger partial charge in [0.1, 0.15) is 5.82 Å². The first-order valence-corrected chi connectivity index (χ1v) is 9.82. The molecule has 8 heteroatoms. The summed E-state index contributed by atoms with van der Waals surface area (Å²) in [5.41, 5.74) is 2.50. The molecule has 6 nitrogen and oxygen atoms in total. The number of thiophene rings is 1. The molecule has 0 amide bonds. The number of morpholine rings is 1. The van der Waals surface area contributed by atoms with Crippen LogP contribution in [0, 0.1) is 6.92 Å². The van der Waals surface area contributed by atoms with Gasteiger partial charge < -0.3 is 20.3 Å².